The van der Waals surface area contributed by atoms with Gasteiger partial charge in [-0.25, -0.2) is 9.67 Å². The first-order valence-corrected chi connectivity index (χ1v) is 7.08. The molecule has 0 spiro atoms. The fraction of sp³-hybridized carbons (Fsp3) is 0.250. The average molecular weight is 282 g/mol. The van der Waals surface area contributed by atoms with Gasteiger partial charge in [-0.05, 0) is 12.1 Å². The first-order valence-electron chi connectivity index (χ1n) is 7.08. The van der Waals surface area contributed by atoms with Crippen molar-refractivity contribution in [1.29, 1.82) is 0 Å². The molecule has 0 fully saturated rings. The molecule has 0 aliphatic heterocycles. The van der Waals surface area contributed by atoms with Crippen LogP contribution in [0.5, 0.6) is 0 Å². The van der Waals surface area contributed by atoms with Crippen LogP contribution in [0.4, 0.5) is 0 Å². The molecule has 0 aliphatic rings. The highest BCUT2D eigenvalue weighted by Crippen LogP contribution is 2.08. The minimum atomic E-state index is 0.622. The SMILES string of the molecule is CCc1cnc(CNCc2cnn(-c3ccccc3)c2)o1. The lowest BCUT2D eigenvalue weighted by Gasteiger charge is -2.00. The number of aryl methyl sites for hydroxylation is 1. The predicted octanol–water partition coefficient (Wildman–Crippen LogP) is 2.71. The Hall–Kier alpha value is -2.40. The first-order chi connectivity index (χ1) is 10.3. The molecule has 2 heterocycles. The third kappa shape index (κ3) is 3.38. The second-order valence-electron chi connectivity index (χ2n) is 4.81. The van der Waals surface area contributed by atoms with Crippen molar-refractivity contribution in [2.75, 3.05) is 0 Å². The van der Waals surface area contributed by atoms with Gasteiger partial charge in [0.1, 0.15) is 5.76 Å². The molecule has 108 valence electrons. The van der Waals surface area contributed by atoms with E-state index in [1.807, 2.05) is 47.4 Å². The van der Waals surface area contributed by atoms with Gasteiger partial charge in [0.15, 0.2) is 0 Å². The van der Waals surface area contributed by atoms with Crippen LogP contribution in [0.15, 0.2) is 53.3 Å². The molecular formula is C16H18N4O. The summed E-state index contributed by atoms with van der Waals surface area (Å²) < 4.78 is 7.42. The first kappa shape index (κ1) is 13.6. The molecular weight excluding hydrogens is 264 g/mol. The fourth-order valence-electron chi connectivity index (χ4n) is 2.08. The number of hydrogen-bond donors (Lipinski definition) is 1. The van der Waals surface area contributed by atoms with E-state index in [1.165, 1.54) is 0 Å². The number of benzene rings is 1. The summed E-state index contributed by atoms with van der Waals surface area (Å²) in [5, 5.41) is 7.68. The minimum absolute atomic E-state index is 0.622. The third-order valence-electron chi connectivity index (χ3n) is 3.21. The van der Waals surface area contributed by atoms with E-state index in [2.05, 4.69) is 22.3 Å². The lowest BCUT2D eigenvalue weighted by Crippen LogP contribution is -2.12. The number of rotatable bonds is 6. The average Bonchev–Trinajstić information content (AvgIpc) is 3.17. The molecule has 1 aromatic carbocycles. The van der Waals surface area contributed by atoms with Gasteiger partial charge in [-0.2, -0.15) is 5.10 Å². The van der Waals surface area contributed by atoms with Crippen LogP contribution in [0.3, 0.4) is 0 Å². The lowest BCUT2D eigenvalue weighted by atomic mass is 10.3. The van der Waals surface area contributed by atoms with Crippen molar-refractivity contribution in [3.8, 4) is 5.69 Å². The van der Waals surface area contributed by atoms with Crippen LogP contribution in [0.2, 0.25) is 0 Å². The number of aromatic nitrogens is 3. The minimum Gasteiger partial charge on any atom is -0.444 e. The van der Waals surface area contributed by atoms with Gasteiger partial charge in [0.25, 0.3) is 0 Å². The molecule has 0 radical (unpaired) electrons. The Morgan fingerprint density at radius 2 is 2.00 bits per heavy atom. The Labute approximate surface area is 123 Å². The van der Waals surface area contributed by atoms with E-state index >= 15 is 0 Å². The highest BCUT2D eigenvalue weighted by atomic mass is 16.4. The summed E-state index contributed by atoms with van der Waals surface area (Å²) in [6.07, 6.45) is 6.55. The molecule has 0 saturated heterocycles. The van der Waals surface area contributed by atoms with Gasteiger partial charge in [0.05, 0.1) is 24.6 Å². The quantitative estimate of drug-likeness (QED) is 0.755. The molecule has 0 atom stereocenters. The molecule has 3 rings (SSSR count). The summed E-state index contributed by atoms with van der Waals surface area (Å²) in [5.41, 5.74) is 2.19. The maximum absolute atomic E-state index is 5.55. The molecule has 5 nitrogen and oxygen atoms in total. The zero-order valence-electron chi connectivity index (χ0n) is 12.0. The number of para-hydroxylation sites is 1. The fourth-order valence-corrected chi connectivity index (χ4v) is 2.08. The summed E-state index contributed by atoms with van der Waals surface area (Å²) in [5.74, 6) is 1.64. The number of hydrogen-bond acceptors (Lipinski definition) is 4. The summed E-state index contributed by atoms with van der Waals surface area (Å²) >= 11 is 0. The van der Waals surface area contributed by atoms with Crippen molar-refractivity contribution in [1.82, 2.24) is 20.1 Å². The summed E-state index contributed by atoms with van der Waals surface area (Å²) in [4.78, 5) is 4.22. The van der Waals surface area contributed by atoms with Crippen molar-refractivity contribution < 1.29 is 4.42 Å². The van der Waals surface area contributed by atoms with Crippen LogP contribution in [0.1, 0.15) is 24.1 Å². The molecule has 0 amide bonds. The van der Waals surface area contributed by atoms with Gasteiger partial charge in [0, 0.05) is 24.7 Å². The summed E-state index contributed by atoms with van der Waals surface area (Å²) in [6, 6.07) is 10.1. The van der Waals surface area contributed by atoms with E-state index in [0.29, 0.717) is 6.54 Å². The molecule has 0 aliphatic carbocycles. The zero-order chi connectivity index (χ0) is 14.5. The van der Waals surface area contributed by atoms with Crippen molar-refractivity contribution >= 4 is 0 Å². The van der Waals surface area contributed by atoms with E-state index in [0.717, 1.165) is 35.9 Å². The molecule has 0 saturated carbocycles. The van der Waals surface area contributed by atoms with Gasteiger partial charge < -0.3 is 9.73 Å². The molecule has 21 heavy (non-hydrogen) atoms. The molecule has 1 N–H and O–H groups in total. The second kappa shape index (κ2) is 6.37. The van der Waals surface area contributed by atoms with Crippen molar-refractivity contribution in [3.05, 3.63) is 66.1 Å². The van der Waals surface area contributed by atoms with Crippen molar-refractivity contribution in [2.24, 2.45) is 0 Å². The van der Waals surface area contributed by atoms with Gasteiger partial charge in [0.2, 0.25) is 5.89 Å². The van der Waals surface area contributed by atoms with Crippen LogP contribution in [-0.4, -0.2) is 14.8 Å². The maximum Gasteiger partial charge on any atom is 0.208 e. The molecule has 5 heteroatoms. The van der Waals surface area contributed by atoms with Crippen molar-refractivity contribution in [3.63, 3.8) is 0 Å². The molecule has 0 unspecified atom stereocenters. The van der Waals surface area contributed by atoms with Crippen LogP contribution in [-0.2, 0) is 19.5 Å². The van der Waals surface area contributed by atoms with Gasteiger partial charge in [-0.1, -0.05) is 25.1 Å². The Morgan fingerprint density at radius 3 is 2.76 bits per heavy atom. The van der Waals surface area contributed by atoms with E-state index in [1.54, 1.807) is 6.20 Å². The van der Waals surface area contributed by atoms with E-state index in [9.17, 15) is 0 Å². The highest BCUT2D eigenvalue weighted by molar-refractivity contribution is 5.30. The highest BCUT2D eigenvalue weighted by Gasteiger charge is 2.03. The van der Waals surface area contributed by atoms with Gasteiger partial charge in [-0.3, -0.25) is 0 Å². The third-order valence-corrected chi connectivity index (χ3v) is 3.21. The van der Waals surface area contributed by atoms with Crippen LogP contribution in [0, 0.1) is 0 Å². The smallest absolute Gasteiger partial charge is 0.208 e. The number of nitrogens with one attached hydrogen (secondary N) is 1. The lowest BCUT2D eigenvalue weighted by molar-refractivity contribution is 0.439. The largest absolute Gasteiger partial charge is 0.444 e. The number of nitrogens with zero attached hydrogens (tertiary/aromatic N) is 3. The normalized spacial score (nSPS) is 10.9. The van der Waals surface area contributed by atoms with E-state index in [-0.39, 0.29) is 0 Å². The maximum atomic E-state index is 5.55. The summed E-state index contributed by atoms with van der Waals surface area (Å²) in [7, 11) is 0. The second-order valence-corrected chi connectivity index (χ2v) is 4.81. The van der Waals surface area contributed by atoms with Crippen molar-refractivity contribution in [2.45, 2.75) is 26.4 Å². The zero-order valence-corrected chi connectivity index (χ0v) is 12.0. The Kier molecular flexibility index (Phi) is 4.12. The van der Waals surface area contributed by atoms with Crippen LogP contribution < -0.4 is 5.32 Å². The van der Waals surface area contributed by atoms with Crippen LogP contribution in [0.25, 0.3) is 5.69 Å². The van der Waals surface area contributed by atoms with Crippen LogP contribution >= 0.6 is 0 Å². The standard InChI is InChI=1S/C16H18N4O/c1-2-15-10-18-16(21-15)11-17-8-13-9-19-20(12-13)14-6-4-3-5-7-14/h3-7,9-10,12,17H,2,8,11H2,1H3. The van der Waals surface area contributed by atoms with E-state index < -0.39 is 0 Å². The molecule has 2 aromatic heterocycles. The Bertz CT molecular complexity index is 687. The monoisotopic (exact) mass is 282 g/mol. The predicted molar refractivity (Wildman–Crippen MR) is 80.0 cm³/mol. The number of oxazole rings is 1. The van der Waals surface area contributed by atoms with Gasteiger partial charge in [-0.15, -0.1) is 0 Å². The van der Waals surface area contributed by atoms with Gasteiger partial charge >= 0.3 is 0 Å². The van der Waals surface area contributed by atoms with E-state index in [4.69, 9.17) is 4.42 Å². The molecule has 0 bridgehead atoms. The Balaban J connectivity index is 1.55. The molecule has 3 aromatic rings. The Morgan fingerprint density at radius 1 is 1.14 bits per heavy atom. The topological polar surface area (TPSA) is 55.9 Å². The summed E-state index contributed by atoms with van der Waals surface area (Å²) in [6.45, 7) is 3.41.